The van der Waals surface area contributed by atoms with E-state index in [4.69, 9.17) is 5.11 Å². The summed E-state index contributed by atoms with van der Waals surface area (Å²) in [4.78, 5) is 10.2. The molecule has 3 nitrogen and oxygen atoms in total. The van der Waals surface area contributed by atoms with Gasteiger partial charge in [0.1, 0.15) is 0 Å². The summed E-state index contributed by atoms with van der Waals surface area (Å²) in [7, 11) is 0. The Hall–Kier alpha value is -0.830. The van der Waals surface area contributed by atoms with Gasteiger partial charge in [0.25, 0.3) is 0 Å². The van der Waals surface area contributed by atoms with Crippen molar-refractivity contribution < 1.29 is 9.90 Å². The highest BCUT2D eigenvalue weighted by molar-refractivity contribution is 5.66. The lowest BCUT2D eigenvalue weighted by molar-refractivity contribution is -0.137. The molecule has 0 aromatic carbocycles. The van der Waals surface area contributed by atoms with E-state index < -0.39 is 5.97 Å². The van der Waals surface area contributed by atoms with Crippen LogP contribution in [0.5, 0.6) is 0 Å². The fourth-order valence-electron chi connectivity index (χ4n) is 1.59. The summed E-state index contributed by atoms with van der Waals surface area (Å²) < 4.78 is 0. The minimum atomic E-state index is -0.659. The average Bonchev–Trinajstić information content (AvgIpc) is 2.29. The number of rotatable bonds is 10. The van der Waals surface area contributed by atoms with Gasteiger partial charge in [-0.1, -0.05) is 58.3 Å². The predicted octanol–water partition coefficient (Wildman–Crippen LogP) is 4.96. The van der Waals surface area contributed by atoms with Crippen molar-refractivity contribution >= 4 is 5.97 Å². The smallest absolute Gasteiger partial charge is 0.303 e. The van der Waals surface area contributed by atoms with E-state index in [-0.39, 0.29) is 6.15 Å². The summed E-state index contributed by atoms with van der Waals surface area (Å²) in [5.74, 6) is -0.659. The summed E-state index contributed by atoms with van der Waals surface area (Å²) in [6, 6.07) is 0. The molecule has 0 atom stereocenters. The van der Waals surface area contributed by atoms with Gasteiger partial charge in [-0.3, -0.25) is 4.79 Å². The van der Waals surface area contributed by atoms with E-state index in [9.17, 15) is 4.79 Å². The zero-order valence-electron chi connectivity index (χ0n) is 11.5. The van der Waals surface area contributed by atoms with E-state index in [1.54, 1.807) is 0 Å². The Morgan fingerprint density at radius 3 is 1.59 bits per heavy atom. The lowest BCUT2D eigenvalue weighted by atomic mass is 10.1. The molecule has 3 heteroatoms. The molecule has 0 bridgehead atoms. The topological polar surface area (TPSA) is 72.3 Å². The van der Waals surface area contributed by atoms with Gasteiger partial charge < -0.3 is 11.3 Å². The van der Waals surface area contributed by atoms with Gasteiger partial charge in [0, 0.05) is 6.42 Å². The number of carboxylic acid groups (broad SMARTS) is 1. The first-order chi connectivity index (χ1) is 7.77. The zero-order chi connectivity index (χ0) is 12.6. The molecule has 0 rings (SSSR count). The molecule has 0 aromatic heterocycles. The van der Waals surface area contributed by atoms with Crippen LogP contribution in [0.3, 0.4) is 0 Å². The molecule has 0 aromatic rings. The van der Waals surface area contributed by atoms with Crippen LogP contribution in [-0.4, -0.2) is 11.1 Å². The molecule has 0 spiro atoms. The summed E-state index contributed by atoms with van der Waals surface area (Å²) in [5, 5.41) is 8.41. The minimum absolute atomic E-state index is 0. The average molecular weight is 245 g/mol. The summed E-state index contributed by atoms with van der Waals surface area (Å²) in [6.45, 7) is 8.23. The van der Waals surface area contributed by atoms with Crippen molar-refractivity contribution in [1.29, 1.82) is 0 Å². The third-order valence-electron chi connectivity index (χ3n) is 2.49. The first-order valence-corrected chi connectivity index (χ1v) is 6.49. The molecule has 0 saturated heterocycles. The first-order valence-electron chi connectivity index (χ1n) is 6.49. The van der Waals surface area contributed by atoms with E-state index >= 15 is 0 Å². The lowest BCUT2D eigenvalue weighted by Gasteiger charge is -2.00. The molecule has 0 aliphatic heterocycles. The SMILES string of the molecule is C=C.CCCCCCCCCCCC(=O)O.N. The highest BCUT2D eigenvalue weighted by Crippen LogP contribution is 2.10. The number of carbonyl (C=O) groups is 1. The van der Waals surface area contributed by atoms with Crippen LogP contribution in [0.2, 0.25) is 0 Å². The summed E-state index contributed by atoms with van der Waals surface area (Å²) in [5.41, 5.74) is 0. The van der Waals surface area contributed by atoms with Crippen LogP contribution < -0.4 is 6.15 Å². The molecule has 0 heterocycles. The monoisotopic (exact) mass is 245 g/mol. The van der Waals surface area contributed by atoms with Crippen molar-refractivity contribution in [3.05, 3.63) is 13.2 Å². The first kappa shape index (κ1) is 21.5. The molecule has 17 heavy (non-hydrogen) atoms. The van der Waals surface area contributed by atoms with Crippen molar-refractivity contribution in [2.24, 2.45) is 0 Å². The van der Waals surface area contributed by atoms with Crippen LogP contribution in [0.25, 0.3) is 0 Å². The molecular formula is C14H31NO2. The number of carboxylic acids is 1. The number of aliphatic carboxylic acids is 1. The molecule has 0 amide bonds. The summed E-state index contributed by atoms with van der Waals surface area (Å²) >= 11 is 0. The molecule has 0 aliphatic rings. The van der Waals surface area contributed by atoms with E-state index in [0.29, 0.717) is 6.42 Å². The molecule has 0 unspecified atom stereocenters. The normalized spacial score (nSPS) is 8.76. The molecule has 0 radical (unpaired) electrons. The van der Waals surface area contributed by atoms with Gasteiger partial charge in [-0.05, 0) is 6.42 Å². The van der Waals surface area contributed by atoms with Gasteiger partial charge in [-0.2, -0.15) is 0 Å². The maximum absolute atomic E-state index is 10.2. The predicted molar refractivity (Wildman–Crippen MR) is 75.8 cm³/mol. The molecule has 104 valence electrons. The Bertz CT molecular complexity index is 149. The van der Waals surface area contributed by atoms with Crippen molar-refractivity contribution in [1.82, 2.24) is 6.15 Å². The fraction of sp³-hybridized carbons (Fsp3) is 0.786. The molecular weight excluding hydrogens is 214 g/mol. The third-order valence-corrected chi connectivity index (χ3v) is 2.49. The van der Waals surface area contributed by atoms with E-state index in [2.05, 4.69) is 20.1 Å². The largest absolute Gasteiger partial charge is 0.481 e. The van der Waals surface area contributed by atoms with Crippen LogP contribution in [-0.2, 0) is 4.79 Å². The maximum Gasteiger partial charge on any atom is 0.303 e. The number of hydrogen-bond acceptors (Lipinski definition) is 2. The minimum Gasteiger partial charge on any atom is -0.481 e. The highest BCUT2D eigenvalue weighted by Gasteiger charge is 1.96. The Balaban J connectivity index is -0.000000616. The zero-order valence-corrected chi connectivity index (χ0v) is 11.5. The van der Waals surface area contributed by atoms with Crippen molar-refractivity contribution in [3.8, 4) is 0 Å². The number of hydrogen-bond donors (Lipinski definition) is 2. The summed E-state index contributed by atoms with van der Waals surface area (Å²) in [6.07, 6.45) is 11.5. The quantitative estimate of drug-likeness (QED) is 0.422. The van der Waals surface area contributed by atoms with Crippen LogP contribution in [0.1, 0.15) is 71.1 Å². The van der Waals surface area contributed by atoms with Gasteiger partial charge in [-0.15, -0.1) is 13.2 Å². The molecule has 4 N–H and O–H groups in total. The van der Waals surface area contributed by atoms with Crippen molar-refractivity contribution in [2.75, 3.05) is 0 Å². The lowest BCUT2D eigenvalue weighted by Crippen LogP contribution is -1.93. The van der Waals surface area contributed by atoms with Gasteiger partial charge in [-0.25, -0.2) is 0 Å². The Kier molecular flexibility index (Phi) is 26.0. The van der Waals surface area contributed by atoms with Gasteiger partial charge in [0.2, 0.25) is 0 Å². The highest BCUT2D eigenvalue weighted by atomic mass is 16.4. The fourth-order valence-corrected chi connectivity index (χ4v) is 1.59. The van der Waals surface area contributed by atoms with Crippen LogP contribution in [0.4, 0.5) is 0 Å². The van der Waals surface area contributed by atoms with Crippen LogP contribution in [0, 0.1) is 0 Å². The second-order valence-electron chi connectivity index (χ2n) is 3.97. The third kappa shape index (κ3) is 25.4. The molecule has 0 saturated carbocycles. The van der Waals surface area contributed by atoms with Gasteiger partial charge in [0.05, 0.1) is 0 Å². The van der Waals surface area contributed by atoms with Crippen molar-refractivity contribution in [2.45, 2.75) is 71.1 Å². The van der Waals surface area contributed by atoms with E-state index in [1.807, 2.05) is 0 Å². The maximum atomic E-state index is 10.2. The molecule has 0 fully saturated rings. The number of unbranched alkanes of at least 4 members (excludes halogenated alkanes) is 8. The Morgan fingerprint density at radius 2 is 1.24 bits per heavy atom. The van der Waals surface area contributed by atoms with Gasteiger partial charge >= 0.3 is 5.97 Å². The second-order valence-corrected chi connectivity index (χ2v) is 3.97. The van der Waals surface area contributed by atoms with E-state index in [0.717, 1.165) is 12.8 Å². The van der Waals surface area contributed by atoms with Gasteiger partial charge in [0.15, 0.2) is 0 Å². The van der Waals surface area contributed by atoms with Crippen LogP contribution >= 0.6 is 0 Å². The van der Waals surface area contributed by atoms with E-state index in [1.165, 1.54) is 44.9 Å². The van der Waals surface area contributed by atoms with Crippen molar-refractivity contribution in [3.63, 3.8) is 0 Å². The Labute approximate surface area is 107 Å². The standard InChI is InChI=1S/C12H24O2.C2H4.H3N/c1-2-3-4-5-6-7-8-9-10-11-12(13)14;1-2;/h2-11H2,1H3,(H,13,14);1-2H2;1H3. The second kappa shape index (κ2) is 20.6. The Morgan fingerprint density at radius 1 is 0.882 bits per heavy atom. The van der Waals surface area contributed by atoms with Crippen LogP contribution in [0.15, 0.2) is 13.2 Å². The molecule has 0 aliphatic carbocycles.